The second-order valence-electron chi connectivity index (χ2n) is 6.50. The standard InChI is InChI=1S/C20H20FNO3/c1-13(10-14-6-3-5-9-18(14)21)19(23)22-11-15-7-2-4-8-16(15)17(12-22)20(24)25/h2-9,13,17H,10-12H2,1H3,(H,24,25). The van der Waals surface area contributed by atoms with Gasteiger partial charge in [-0.1, -0.05) is 49.4 Å². The van der Waals surface area contributed by atoms with E-state index < -0.39 is 17.8 Å². The predicted octanol–water partition coefficient (Wildman–Crippen LogP) is 3.21. The molecule has 2 unspecified atom stereocenters. The van der Waals surface area contributed by atoms with Crippen molar-refractivity contribution in [3.8, 4) is 0 Å². The highest BCUT2D eigenvalue weighted by molar-refractivity contribution is 5.82. The molecular formula is C20H20FNO3. The summed E-state index contributed by atoms with van der Waals surface area (Å²) in [5.74, 6) is -2.56. The smallest absolute Gasteiger partial charge is 0.312 e. The number of aliphatic carboxylic acids is 1. The lowest BCUT2D eigenvalue weighted by molar-refractivity contribution is -0.142. The van der Waals surface area contributed by atoms with Crippen molar-refractivity contribution in [2.75, 3.05) is 6.54 Å². The van der Waals surface area contributed by atoms with Crippen LogP contribution in [0.25, 0.3) is 0 Å². The van der Waals surface area contributed by atoms with Gasteiger partial charge in [-0.05, 0) is 29.2 Å². The lowest BCUT2D eigenvalue weighted by Gasteiger charge is -2.34. The van der Waals surface area contributed by atoms with Crippen LogP contribution in [0.4, 0.5) is 4.39 Å². The minimum atomic E-state index is -0.938. The summed E-state index contributed by atoms with van der Waals surface area (Å²) in [6.07, 6.45) is 0.293. The van der Waals surface area contributed by atoms with Gasteiger partial charge in [0.15, 0.2) is 0 Å². The van der Waals surface area contributed by atoms with E-state index in [1.807, 2.05) is 18.2 Å². The van der Waals surface area contributed by atoms with Gasteiger partial charge in [-0.25, -0.2) is 4.39 Å². The molecular weight excluding hydrogens is 321 g/mol. The average molecular weight is 341 g/mol. The minimum Gasteiger partial charge on any atom is -0.481 e. The number of rotatable bonds is 4. The third kappa shape index (κ3) is 3.55. The number of halogens is 1. The average Bonchev–Trinajstić information content (AvgIpc) is 2.61. The molecule has 4 nitrogen and oxygen atoms in total. The van der Waals surface area contributed by atoms with Crippen LogP contribution >= 0.6 is 0 Å². The minimum absolute atomic E-state index is 0.146. The Bertz CT molecular complexity index is 805. The van der Waals surface area contributed by atoms with E-state index in [9.17, 15) is 19.1 Å². The van der Waals surface area contributed by atoms with Gasteiger partial charge < -0.3 is 10.0 Å². The topological polar surface area (TPSA) is 57.6 Å². The summed E-state index contributed by atoms with van der Waals surface area (Å²) in [7, 11) is 0. The van der Waals surface area contributed by atoms with Gasteiger partial charge in [0.05, 0.1) is 5.92 Å². The van der Waals surface area contributed by atoms with Crippen LogP contribution in [-0.2, 0) is 22.6 Å². The molecule has 2 aromatic rings. The van der Waals surface area contributed by atoms with E-state index in [2.05, 4.69) is 0 Å². The summed E-state index contributed by atoms with van der Waals surface area (Å²) in [6.45, 7) is 2.29. The first-order valence-electron chi connectivity index (χ1n) is 8.30. The Labute approximate surface area is 145 Å². The SMILES string of the molecule is CC(Cc1ccccc1F)C(=O)N1Cc2ccccc2C(C(=O)O)C1. The summed E-state index contributed by atoms with van der Waals surface area (Å²) >= 11 is 0. The lowest BCUT2D eigenvalue weighted by Crippen LogP contribution is -2.43. The van der Waals surface area contributed by atoms with Gasteiger partial charge >= 0.3 is 5.97 Å². The van der Waals surface area contributed by atoms with Gasteiger partial charge in [-0.3, -0.25) is 9.59 Å². The zero-order valence-corrected chi connectivity index (χ0v) is 14.0. The number of carbonyl (C=O) groups is 2. The monoisotopic (exact) mass is 341 g/mol. The van der Waals surface area contributed by atoms with Crippen molar-refractivity contribution in [3.63, 3.8) is 0 Å². The molecule has 5 heteroatoms. The number of carboxylic acids is 1. The van der Waals surface area contributed by atoms with Crippen molar-refractivity contribution in [3.05, 3.63) is 71.0 Å². The molecule has 3 rings (SSSR count). The van der Waals surface area contributed by atoms with Gasteiger partial charge in [0.25, 0.3) is 0 Å². The highest BCUT2D eigenvalue weighted by Crippen LogP contribution is 2.29. The van der Waals surface area contributed by atoms with E-state index >= 15 is 0 Å². The molecule has 0 saturated carbocycles. The van der Waals surface area contributed by atoms with E-state index in [0.29, 0.717) is 18.5 Å². The molecule has 0 spiro atoms. The molecule has 0 aliphatic carbocycles. The van der Waals surface area contributed by atoms with Crippen molar-refractivity contribution >= 4 is 11.9 Å². The van der Waals surface area contributed by atoms with E-state index in [1.165, 1.54) is 6.07 Å². The predicted molar refractivity (Wildman–Crippen MR) is 91.5 cm³/mol. The van der Waals surface area contributed by atoms with Crippen LogP contribution < -0.4 is 0 Å². The Morgan fingerprint density at radius 3 is 2.60 bits per heavy atom. The Morgan fingerprint density at radius 2 is 1.88 bits per heavy atom. The summed E-state index contributed by atoms with van der Waals surface area (Å²) in [5.41, 5.74) is 2.11. The van der Waals surface area contributed by atoms with Crippen LogP contribution in [0.1, 0.15) is 29.5 Å². The Morgan fingerprint density at radius 1 is 1.20 bits per heavy atom. The van der Waals surface area contributed by atoms with E-state index in [1.54, 1.807) is 36.1 Å². The first kappa shape index (κ1) is 17.1. The fourth-order valence-corrected chi connectivity index (χ4v) is 3.38. The molecule has 2 aromatic carbocycles. The molecule has 0 aromatic heterocycles. The van der Waals surface area contributed by atoms with Crippen LogP contribution in [0, 0.1) is 11.7 Å². The molecule has 1 heterocycles. The van der Waals surface area contributed by atoms with Gasteiger partial charge in [0, 0.05) is 19.0 Å². The molecule has 1 N–H and O–H groups in total. The maximum atomic E-state index is 13.8. The highest BCUT2D eigenvalue weighted by Gasteiger charge is 2.33. The van der Waals surface area contributed by atoms with Gasteiger partial charge in [0.1, 0.15) is 5.82 Å². The number of carbonyl (C=O) groups excluding carboxylic acids is 1. The van der Waals surface area contributed by atoms with Gasteiger partial charge in [0.2, 0.25) is 5.91 Å². The highest BCUT2D eigenvalue weighted by atomic mass is 19.1. The van der Waals surface area contributed by atoms with Crippen molar-refractivity contribution in [2.45, 2.75) is 25.8 Å². The maximum Gasteiger partial charge on any atom is 0.312 e. The van der Waals surface area contributed by atoms with Crippen molar-refractivity contribution in [1.29, 1.82) is 0 Å². The van der Waals surface area contributed by atoms with Crippen molar-refractivity contribution in [1.82, 2.24) is 4.90 Å². The number of hydrogen-bond acceptors (Lipinski definition) is 2. The van der Waals surface area contributed by atoms with Gasteiger partial charge in [-0.2, -0.15) is 0 Å². The van der Waals surface area contributed by atoms with Crippen molar-refractivity contribution in [2.24, 2.45) is 5.92 Å². The van der Waals surface area contributed by atoms with Crippen LogP contribution in [0.15, 0.2) is 48.5 Å². The number of carboxylic acid groups (broad SMARTS) is 1. The quantitative estimate of drug-likeness (QED) is 0.929. The fourth-order valence-electron chi connectivity index (χ4n) is 3.38. The molecule has 0 bridgehead atoms. The molecule has 130 valence electrons. The molecule has 1 aliphatic rings. The summed E-state index contributed by atoms with van der Waals surface area (Å²) in [5, 5.41) is 9.51. The second kappa shape index (κ2) is 7.05. The van der Waals surface area contributed by atoms with Crippen LogP contribution in [0.3, 0.4) is 0 Å². The number of hydrogen-bond donors (Lipinski definition) is 1. The molecule has 0 saturated heterocycles. The van der Waals surface area contributed by atoms with E-state index in [-0.39, 0.29) is 18.3 Å². The molecule has 0 fully saturated rings. The van der Waals surface area contributed by atoms with E-state index in [0.717, 1.165) is 11.1 Å². The number of nitrogens with zero attached hydrogens (tertiary/aromatic N) is 1. The van der Waals surface area contributed by atoms with Crippen LogP contribution in [0.5, 0.6) is 0 Å². The number of benzene rings is 2. The Kier molecular flexibility index (Phi) is 4.83. The molecule has 1 amide bonds. The third-order valence-corrected chi connectivity index (χ3v) is 4.71. The first-order valence-corrected chi connectivity index (χ1v) is 8.30. The third-order valence-electron chi connectivity index (χ3n) is 4.71. The number of fused-ring (bicyclic) bond motifs is 1. The molecule has 1 aliphatic heterocycles. The fraction of sp³-hybridized carbons (Fsp3) is 0.300. The zero-order chi connectivity index (χ0) is 18.0. The van der Waals surface area contributed by atoms with Crippen LogP contribution in [0.2, 0.25) is 0 Å². The summed E-state index contributed by atoms with van der Waals surface area (Å²) in [6, 6.07) is 13.7. The summed E-state index contributed by atoms with van der Waals surface area (Å²) in [4.78, 5) is 26.0. The normalized spacial score (nSPS) is 17.7. The maximum absolute atomic E-state index is 13.8. The first-order chi connectivity index (χ1) is 12.0. The molecule has 25 heavy (non-hydrogen) atoms. The van der Waals surface area contributed by atoms with Gasteiger partial charge in [-0.15, -0.1) is 0 Å². The Hall–Kier alpha value is -2.69. The zero-order valence-electron chi connectivity index (χ0n) is 14.0. The summed E-state index contributed by atoms with van der Waals surface area (Å²) < 4.78 is 13.8. The van der Waals surface area contributed by atoms with Crippen molar-refractivity contribution < 1.29 is 19.1 Å². The van der Waals surface area contributed by atoms with Crippen LogP contribution in [-0.4, -0.2) is 28.4 Å². The lowest BCUT2D eigenvalue weighted by atomic mass is 9.88. The Balaban J connectivity index is 1.78. The van der Waals surface area contributed by atoms with E-state index in [4.69, 9.17) is 0 Å². The largest absolute Gasteiger partial charge is 0.481 e. The molecule has 2 atom stereocenters. The molecule has 0 radical (unpaired) electrons. The second-order valence-corrected chi connectivity index (χ2v) is 6.50. The number of amides is 1.